The Kier molecular flexibility index (Phi) is 2.86. The van der Waals surface area contributed by atoms with Crippen LogP contribution in [0.1, 0.15) is 36.8 Å². The Hall–Kier alpha value is -1.35. The van der Waals surface area contributed by atoms with Gasteiger partial charge in [0.15, 0.2) is 0 Å². The summed E-state index contributed by atoms with van der Waals surface area (Å²) in [6, 6.07) is 8.02. The molecular weight excluding hydrogens is 240 g/mol. The van der Waals surface area contributed by atoms with Crippen molar-refractivity contribution in [3.05, 3.63) is 34.8 Å². The first-order valence-corrected chi connectivity index (χ1v) is 7.30. The van der Waals surface area contributed by atoms with Crippen molar-refractivity contribution in [2.24, 2.45) is 5.92 Å². The summed E-state index contributed by atoms with van der Waals surface area (Å²) < 4.78 is 0. The lowest BCUT2D eigenvalue weighted by atomic mass is 9.86. The molecule has 0 spiro atoms. The van der Waals surface area contributed by atoms with Crippen LogP contribution in [0.2, 0.25) is 0 Å². The van der Waals surface area contributed by atoms with E-state index in [9.17, 15) is 0 Å². The zero-order valence-electron chi connectivity index (χ0n) is 10.8. The average molecular weight is 258 g/mol. The second-order valence-corrected chi connectivity index (χ2v) is 6.43. The average Bonchev–Trinajstić information content (AvgIpc) is 2.73. The third kappa shape index (κ3) is 2.03. The molecule has 1 aromatic carbocycles. The maximum Gasteiger partial charge on any atom is 0.123 e. The summed E-state index contributed by atoms with van der Waals surface area (Å²) in [6.07, 6.45) is 2.41. The maximum atomic E-state index is 5.84. The predicted octanol–water partition coefficient (Wildman–Crippen LogP) is 4.08. The Balaban J connectivity index is 2.03. The van der Waals surface area contributed by atoms with Crippen LogP contribution in [0.15, 0.2) is 24.3 Å². The Labute approximate surface area is 112 Å². The molecule has 94 valence electrons. The van der Waals surface area contributed by atoms with Gasteiger partial charge in [-0.3, -0.25) is 0 Å². The van der Waals surface area contributed by atoms with Crippen molar-refractivity contribution < 1.29 is 0 Å². The SMILES string of the molecule is CC1Cc2nc(-c3cccc(N)c3)sc2C(C)C1. The number of nitrogens with two attached hydrogens (primary N) is 1. The lowest BCUT2D eigenvalue weighted by molar-refractivity contribution is 0.450. The second-order valence-electron chi connectivity index (χ2n) is 5.40. The van der Waals surface area contributed by atoms with Gasteiger partial charge < -0.3 is 5.73 Å². The molecule has 1 aliphatic carbocycles. The Bertz CT molecular complexity index is 574. The van der Waals surface area contributed by atoms with Crippen LogP contribution in [0, 0.1) is 5.92 Å². The lowest BCUT2D eigenvalue weighted by Gasteiger charge is -2.22. The summed E-state index contributed by atoms with van der Waals surface area (Å²) in [6.45, 7) is 4.63. The molecule has 18 heavy (non-hydrogen) atoms. The van der Waals surface area contributed by atoms with Crippen LogP contribution in [0.25, 0.3) is 10.6 Å². The van der Waals surface area contributed by atoms with Gasteiger partial charge in [0.05, 0.1) is 5.69 Å². The molecular formula is C15H18N2S. The largest absolute Gasteiger partial charge is 0.399 e. The van der Waals surface area contributed by atoms with Crippen LogP contribution in [-0.2, 0) is 6.42 Å². The zero-order chi connectivity index (χ0) is 12.7. The number of nitrogen functional groups attached to an aromatic ring is 1. The van der Waals surface area contributed by atoms with Gasteiger partial charge in [-0.2, -0.15) is 0 Å². The van der Waals surface area contributed by atoms with Crippen molar-refractivity contribution in [1.82, 2.24) is 4.98 Å². The fraction of sp³-hybridized carbons (Fsp3) is 0.400. The van der Waals surface area contributed by atoms with Gasteiger partial charge in [-0.1, -0.05) is 26.0 Å². The van der Waals surface area contributed by atoms with Gasteiger partial charge in [0, 0.05) is 16.1 Å². The van der Waals surface area contributed by atoms with Crippen LogP contribution < -0.4 is 5.73 Å². The molecule has 2 nitrogen and oxygen atoms in total. The third-order valence-corrected chi connectivity index (χ3v) is 4.98. The molecule has 2 atom stereocenters. The van der Waals surface area contributed by atoms with E-state index in [1.54, 1.807) is 0 Å². The van der Waals surface area contributed by atoms with E-state index in [1.807, 2.05) is 29.5 Å². The summed E-state index contributed by atoms with van der Waals surface area (Å²) in [4.78, 5) is 6.30. The monoisotopic (exact) mass is 258 g/mol. The molecule has 1 heterocycles. The molecule has 0 bridgehead atoms. The first-order valence-electron chi connectivity index (χ1n) is 6.49. The molecule has 2 N–H and O–H groups in total. The van der Waals surface area contributed by atoms with Gasteiger partial charge in [-0.25, -0.2) is 4.98 Å². The summed E-state index contributed by atoms with van der Waals surface area (Å²) in [5, 5.41) is 1.12. The van der Waals surface area contributed by atoms with E-state index in [0.29, 0.717) is 5.92 Å². The number of aromatic nitrogens is 1. The Morgan fingerprint density at radius 3 is 2.94 bits per heavy atom. The minimum atomic E-state index is 0.649. The summed E-state index contributed by atoms with van der Waals surface area (Å²) in [5.41, 5.74) is 9.11. The van der Waals surface area contributed by atoms with Crippen LogP contribution >= 0.6 is 11.3 Å². The highest BCUT2D eigenvalue weighted by Crippen LogP contribution is 2.40. The number of anilines is 1. The standard InChI is InChI=1S/C15H18N2S/c1-9-6-10(2)14-13(7-9)17-15(18-14)11-4-3-5-12(16)8-11/h3-5,8-10H,6-7,16H2,1-2H3. The molecule has 3 heteroatoms. The van der Waals surface area contributed by atoms with E-state index in [4.69, 9.17) is 10.7 Å². The maximum absolute atomic E-state index is 5.84. The molecule has 2 unspecified atom stereocenters. The van der Waals surface area contributed by atoms with Crippen molar-refractivity contribution in [2.75, 3.05) is 5.73 Å². The molecule has 0 saturated carbocycles. The summed E-state index contributed by atoms with van der Waals surface area (Å²) >= 11 is 1.84. The van der Waals surface area contributed by atoms with Gasteiger partial charge in [0.2, 0.25) is 0 Å². The fourth-order valence-corrected chi connectivity index (χ4v) is 3.97. The number of rotatable bonds is 1. The molecule has 0 radical (unpaired) electrons. The van der Waals surface area contributed by atoms with Crippen molar-refractivity contribution >= 4 is 17.0 Å². The highest BCUT2D eigenvalue weighted by atomic mass is 32.1. The Morgan fingerprint density at radius 2 is 2.17 bits per heavy atom. The first kappa shape index (κ1) is 11.7. The van der Waals surface area contributed by atoms with Crippen molar-refractivity contribution in [3.63, 3.8) is 0 Å². The molecule has 0 saturated heterocycles. The quantitative estimate of drug-likeness (QED) is 0.783. The number of fused-ring (bicyclic) bond motifs is 1. The minimum Gasteiger partial charge on any atom is -0.399 e. The fourth-order valence-electron chi connectivity index (χ4n) is 2.81. The van der Waals surface area contributed by atoms with Crippen molar-refractivity contribution in [2.45, 2.75) is 32.6 Å². The third-order valence-electron chi connectivity index (χ3n) is 3.61. The van der Waals surface area contributed by atoms with Gasteiger partial charge in [-0.05, 0) is 36.8 Å². The van der Waals surface area contributed by atoms with Gasteiger partial charge in [0.25, 0.3) is 0 Å². The molecule has 2 aromatic rings. The molecule has 0 aliphatic heterocycles. The lowest BCUT2D eigenvalue weighted by Crippen LogP contribution is -2.12. The van der Waals surface area contributed by atoms with E-state index < -0.39 is 0 Å². The van der Waals surface area contributed by atoms with Crippen molar-refractivity contribution in [3.8, 4) is 10.6 Å². The number of nitrogens with zero attached hydrogens (tertiary/aromatic N) is 1. The summed E-state index contributed by atoms with van der Waals surface area (Å²) in [7, 11) is 0. The van der Waals surface area contributed by atoms with E-state index >= 15 is 0 Å². The molecule has 1 aliphatic rings. The van der Waals surface area contributed by atoms with Crippen LogP contribution in [0.3, 0.4) is 0 Å². The number of thiazole rings is 1. The van der Waals surface area contributed by atoms with Gasteiger partial charge in [-0.15, -0.1) is 11.3 Å². The zero-order valence-corrected chi connectivity index (χ0v) is 11.6. The second kappa shape index (κ2) is 4.39. The van der Waals surface area contributed by atoms with Crippen LogP contribution in [0.4, 0.5) is 5.69 Å². The minimum absolute atomic E-state index is 0.649. The van der Waals surface area contributed by atoms with Gasteiger partial charge >= 0.3 is 0 Å². The molecule has 1 aromatic heterocycles. The van der Waals surface area contributed by atoms with E-state index in [-0.39, 0.29) is 0 Å². The van der Waals surface area contributed by atoms with E-state index in [2.05, 4.69) is 19.9 Å². The topological polar surface area (TPSA) is 38.9 Å². The number of hydrogen-bond acceptors (Lipinski definition) is 3. The number of hydrogen-bond donors (Lipinski definition) is 1. The summed E-state index contributed by atoms with van der Waals surface area (Å²) in [5.74, 6) is 1.40. The first-order chi connectivity index (χ1) is 8.63. The van der Waals surface area contributed by atoms with Gasteiger partial charge in [0.1, 0.15) is 5.01 Å². The molecule has 0 amide bonds. The predicted molar refractivity (Wildman–Crippen MR) is 77.9 cm³/mol. The normalized spacial score (nSPS) is 22.8. The van der Waals surface area contributed by atoms with Crippen LogP contribution in [-0.4, -0.2) is 4.98 Å². The smallest absolute Gasteiger partial charge is 0.123 e. The Morgan fingerprint density at radius 1 is 1.33 bits per heavy atom. The highest BCUT2D eigenvalue weighted by molar-refractivity contribution is 7.15. The molecule has 3 rings (SSSR count). The number of benzene rings is 1. The molecule has 0 fully saturated rings. The van der Waals surface area contributed by atoms with Crippen LogP contribution in [0.5, 0.6) is 0 Å². The van der Waals surface area contributed by atoms with E-state index in [1.165, 1.54) is 17.0 Å². The van der Waals surface area contributed by atoms with Crippen molar-refractivity contribution in [1.29, 1.82) is 0 Å². The highest BCUT2D eigenvalue weighted by Gasteiger charge is 2.25. The van der Waals surface area contributed by atoms with E-state index in [0.717, 1.165) is 28.6 Å².